The summed E-state index contributed by atoms with van der Waals surface area (Å²) in [5.74, 6) is 0.0846. The minimum absolute atomic E-state index is 0.0577. The number of hydrogen-bond acceptors (Lipinski definition) is 3. The smallest absolute Gasteiger partial charge is 0.165 e. The van der Waals surface area contributed by atoms with Crippen LogP contribution in [0.1, 0.15) is 44.6 Å². The molecule has 2 rings (SSSR count). The molecule has 1 aromatic carbocycles. The number of benzene rings is 1. The zero-order valence-corrected chi connectivity index (χ0v) is 13.0. The first-order valence-corrected chi connectivity index (χ1v) is 7.91. The highest BCUT2D eigenvalue weighted by Crippen LogP contribution is 2.27. The fraction of sp³-hybridized carbons (Fsp3) is 0.647. The van der Waals surface area contributed by atoms with Gasteiger partial charge in [-0.3, -0.25) is 0 Å². The van der Waals surface area contributed by atoms with Crippen LogP contribution in [0.3, 0.4) is 0 Å². The number of rotatable bonds is 7. The Bertz CT molecular complexity index is 439. The van der Waals surface area contributed by atoms with E-state index in [-0.39, 0.29) is 18.0 Å². The Balaban J connectivity index is 1.91. The molecule has 21 heavy (non-hydrogen) atoms. The van der Waals surface area contributed by atoms with Gasteiger partial charge in [-0.15, -0.1) is 0 Å². The number of methoxy groups -OCH3 is 1. The molecule has 0 amide bonds. The summed E-state index contributed by atoms with van der Waals surface area (Å²) in [7, 11) is 1.73. The van der Waals surface area contributed by atoms with Gasteiger partial charge in [0.2, 0.25) is 0 Å². The highest BCUT2D eigenvalue weighted by Gasteiger charge is 2.23. The van der Waals surface area contributed by atoms with E-state index in [2.05, 4.69) is 12.2 Å². The summed E-state index contributed by atoms with van der Waals surface area (Å²) < 4.78 is 25.3. The average molecular weight is 295 g/mol. The molecule has 1 aliphatic rings. The van der Waals surface area contributed by atoms with Gasteiger partial charge in [-0.1, -0.05) is 13.0 Å². The Morgan fingerprint density at radius 2 is 2.10 bits per heavy atom. The molecule has 0 radical (unpaired) electrons. The predicted molar refractivity (Wildman–Crippen MR) is 82.1 cm³/mol. The van der Waals surface area contributed by atoms with Gasteiger partial charge in [0.25, 0.3) is 0 Å². The summed E-state index contributed by atoms with van der Waals surface area (Å²) in [5, 5.41) is 3.27. The first kappa shape index (κ1) is 16.2. The summed E-state index contributed by atoms with van der Waals surface area (Å²) in [6.07, 6.45) is 5.33. The maximum Gasteiger partial charge on any atom is 0.165 e. The van der Waals surface area contributed by atoms with Crippen LogP contribution in [0.15, 0.2) is 18.2 Å². The van der Waals surface area contributed by atoms with E-state index >= 15 is 0 Å². The minimum atomic E-state index is -0.273. The Hall–Kier alpha value is -1.13. The molecule has 0 aliphatic heterocycles. The number of hydrogen-bond donors (Lipinski definition) is 1. The van der Waals surface area contributed by atoms with E-state index < -0.39 is 0 Å². The van der Waals surface area contributed by atoms with Crippen molar-refractivity contribution in [3.8, 4) is 5.75 Å². The maximum absolute atomic E-state index is 14.1. The second-order valence-corrected chi connectivity index (χ2v) is 5.71. The maximum atomic E-state index is 14.1. The molecular formula is C17H26FNO2. The van der Waals surface area contributed by atoms with Crippen molar-refractivity contribution in [2.24, 2.45) is 0 Å². The largest absolute Gasteiger partial charge is 0.487 e. The van der Waals surface area contributed by atoms with Crippen LogP contribution in [0.4, 0.5) is 4.39 Å². The first-order chi connectivity index (χ1) is 10.2. The fourth-order valence-electron chi connectivity index (χ4n) is 2.76. The van der Waals surface area contributed by atoms with Crippen molar-refractivity contribution in [3.05, 3.63) is 29.6 Å². The minimum Gasteiger partial charge on any atom is -0.487 e. The molecule has 0 saturated heterocycles. The second-order valence-electron chi connectivity index (χ2n) is 5.71. The second kappa shape index (κ2) is 8.35. The molecule has 0 heterocycles. The summed E-state index contributed by atoms with van der Waals surface area (Å²) >= 11 is 0. The molecule has 0 bridgehead atoms. The molecule has 0 aromatic heterocycles. The third kappa shape index (κ3) is 4.97. The lowest BCUT2D eigenvalue weighted by Crippen LogP contribution is -2.29. The van der Waals surface area contributed by atoms with Crippen LogP contribution in [-0.2, 0) is 11.3 Å². The first-order valence-electron chi connectivity index (χ1n) is 7.91. The number of halogens is 1. The fourth-order valence-corrected chi connectivity index (χ4v) is 2.76. The Kier molecular flexibility index (Phi) is 6.46. The Morgan fingerprint density at radius 3 is 2.81 bits per heavy atom. The van der Waals surface area contributed by atoms with E-state index in [0.717, 1.165) is 44.2 Å². The van der Waals surface area contributed by atoms with E-state index in [1.807, 2.05) is 6.07 Å². The standard InChI is InChI=1S/C17H26FNO2/c1-3-9-19-12-13-7-8-17(16(18)10-13)21-15-6-4-5-14(11-15)20-2/h7-8,10,14-15,19H,3-6,9,11-12H2,1-2H3. The highest BCUT2D eigenvalue weighted by molar-refractivity contribution is 5.29. The van der Waals surface area contributed by atoms with Gasteiger partial charge in [0.15, 0.2) is 11.6 Å². The van der Waals surface area contributed by atoms with Crippen molar-refractivity contribution in [2.75, 3.05) is 13.7 Å². The van der Waals surface area contributed by atoms with Crippen LogP contribution in [0.5, 0.6) is 5.75 Å². The predicted octanol–water partition coefficient (Wildman–Crippen LogP) is 3.66. The van der Waals surface area contributed by atoms with Crippen LogP contribution in [0.2, 0.25) is 0 Å². The van der Waals surface area contributed by atoms with E-state index in [1.165, 1.54) is 0 Å². The normalized spacial score (nSPS) is 22.2. The Morgan fingerprint density at radius 1 is 1.29 bits per heavy atom. The molecule has 2 unspecified atom stereocenters. The van der Waals surface area contributed by atoms with Gasteiger partial charge in [0, 0.05) is 20.1 Å². The average Bonchev–Trinajstić information content (AvgIpc) is 2.50. The molecule has 4 heteroatoms. The molecule has 1 aliphatic carbocycles. The number of ether oxygens (including phenoxy) is 2. The lowest BCUT2D eigenvalue weighted by Gasteiger charge is -2.28. The van der Waals surface area contributed by atoms with Crippen LogP contribution < -0.4 is 10.1 Å². The quantitative estimate of drug-likeness (QED) is 0.779. The van der Waals surface area contributed by atoms with Crippen LogP contribution in [0, 0.1) is 5.82 Å². The molecule has 1 fully saturated rings. The topological polar surface area (TPSA) is 30.5 Å². The molecule has 3 nitrogen and oxygen atoms in total. The van der Waals surface area contributed by atoms with E-state index in [0.29, 0.717) is 12.3 Å². The molecular weight excluding hydrogens is 269 g/mol. The lowest BCUT2D eigenvalue weighted by atomic mass is 9.95. The molecule has 2 atom stereocenters. The van der Waals surface area contributed by atoms with Gasteiger partial charge < -0.3 is 14.8 Å². The monoisotopic (exact) mass is 295 g/mol. The van der Waals surface area contributed by atoms with Gasteiger partial charge in [0.05, 0.1) is 6.10 Å². The van der Waals surface area contributed by atoms with Gasteiger partial charge in [0.1, 0.15) is 6.10 Å². The van der Waals surface area contributed by atoms with Crippen molar-refractivity contribution >= 4 is 0 Å². The van der Waals surface area contributed by atoms with Crippen LogP contribution >= 0.6 is 0 Å². The van der Waals surface area contributed by atoms with E-state index in [4.69, 9.17) is 9.47 Å². The van der Waals surface area contributed by atoms with E-state index in [1.54, 1.807) is 19.2 Å². The third-order valence-corrected chi connectivity index (χ3v) is 3.96. The summed E-state index contributed by atoms with van der Waals surface area (Å²) in [6.45, 7) is 3.75. The van der Waals surface area contributed by atoms with Gasteiger partial charge in [-0.25, -0.2) is 4.39 Å². The lowest BCUT2D eigenvalue weighted by molar-refractivity contribution is 0.0197. The van der Waals surface area contributed by atoms with Gasteiger partial charge in [-0.05, 0) is 49.9 Å². The van der Waals surface area contributed by atoms with E-state index in [9.17, 15) is 4.39 Å². The van der Waals surface area contributed by atoms with Gasteiger partial charge >= 0.3 is 0 Å². The SMILES string of the molecule is CCCNCc1ccc(OC2CCCC(OC)C2)c(F)c1. The summed E-state index contributed by atoms with van der Waals surface area (Å²) in [6, 6.07) is 5.24. The van der Waals surface area contributed by atoms with Gasteiger partial charge in [-0.2, -0.15) is 0 Å². The zero-order valence-electron chi connectivity index (χ0n) is 13.0. The number of nitrogens with one attached hydrogen (secondary N) is 1. The molecule has 118 valence electrons. The third-order valence-electron chi connectivity index (χ3n) is 3.96. The summed E-state index contributed by atoms with van der Waals surface area (Å²) in [5.41, 5.74) is 0.951. The zero-order chi connectivity index (χ0) is 15.1. The molecule has 1 saturated carbocycles. The van der Waals surface area contributed by atoms with Crippen LogP contribution in [0.25, 0.3) is 0 Å². The molecule has 0 spiro atoms. The van der Waals surface area contributed by atoms with Crippen molar-refractivity contribution in [3.63, 3.8) is 0 Å². The van der Waals surface area contributed by atoms with Crippen molar-refractivity contribution in [2.45, 2.75) is 57.8 Å². The highest BCUT2D eigenvalue weighted by atomic mass is 19.1. The van der Waals surface area contributed by atoms with Crippen molar-refractivity contribution < 1.29 is 13.9 Å². The molecule has 1 N–H and O–H groups in total. The Labute approximate surface area is 126 Å². The van der Waals surface area contributed by atoms with Crippen LogP contribution in [-0.4, -0.2) is 25.9 Å². The molecule has 1 aromatic rings. The van der Waals surface area contributed by atoms with Crippen molar-refractivity contribution in [1.29, 1.82) is 0 Å². The summed E-state index contributed by atoms with van der Waals surface area (Å²) in [4.78, 5) is 0. The van der Waals surface area contributed by atoms with Crippen molar-refractivity contribution in [1.82, 2.24) is 5.32 Å².